The van der Waals surface area contributed by atoms with Crippen LogP contribution in [-0.4, -0.2) is 26.0 Å². The topological polar surface area (TPSA) is 60.4 Å². The quantitative estimate of drug-likeness (QED) is 0.579. The minimum atomic E-state index is -5.06. The van der Waals surface area contributed by atoms with Crippen molar-refractivity contribution in [3.05, 3.63) is 42.5 Å². The minimum absolute atomic E-state index is 0.0311. The average Bonchev–Trinajstić information content (AvgIpc) is 2.86. The van der Waals surface area contributed by atoms with Gasteiger partial charge < -0.3 is 0 Å². The maximum absolute atomic E-state index is 14.0. The van der Waals surface area contributed by atoms with E-state index >= 15 is 0 Å². The van der Waals surface area contributed by atoms with Crippen LogP contribution in [0.2, 0.25) is 0 Å². The predicted octanol–water partition coefficient (Wildman–Crippen LogP) is 3.80. The molecule has 8 heteroatoms. The van der Waals surface area contributed by atoms with Crippen LogP contribution in [0.25, 0.3) is 0 Å². The summed E-state index contributed by atoms with van der Waals surface area (Å²) in [7, 11) is -4.73. The maximum atomic E-state index is 14.0. The number of hydrogen-bond donors (Lipinski definition) is 0. The Hall–Kier alpha value is -1.67. The molecule has 1 aromatic carbocycles. The first-order valence-electron chi connectivity index (χ1n) is 7.67. The number of carbonyl (C=O) groups excluding carboxylic acids is 1. The number of ketones is 1. The van der Waals surface area contributed by atoms with Crippen molar-refractivity contribution in [1.82, 2.24) is 0 Å². The molecule has 0 aromatic heterocycles. The first-order chi connectivity index (χ1) is 11.5. The van der Waals surface area contributed by atoms with Crippen molar-refractivity contribution in [2.45, 2.75) is 43.4 Å². The molecule has 0 bridgehead atoms. The molecule has 0 aliphatic heterocycles. The summed E-state index contributed by atoms with van der Waals surface area (Å²) in [5.41, 5.74) is -2.39. The summed E-state index contributed by atoms with van der Waals surface area (Å²) >= 11 is 0. The highest BCUT2D eigenvalue weighted by Gasteiger charge is 2.70. The molecule has 0 amide bonds. The van der Waals surface area contributed by atoms with Gasteiger partial charge in [-0.05, 0) is 38.8 Å². The first kappa shape index (κ1) is 19.7. The lowest BCUT2D eigenvalue weighted by molar-refractivity contribution is -0.266. The van der Waals surface area contributed by atoms with Gasteiger partial charge in [0.25, 0.3) is 10.1 Å². The van der Waals surface area contributed by atoms with E-state index in [0.717, 1.165) is 18.6 Å². The monoisotopic (exact) mass is 376 g/mol. The van der Waals surface area contributed by atoms with Gasteiger partial charge in [-0.2, -0.15) is 21.6 Å². The van der Waals surface area contributed by atoms with Gasteiger partial charge in [-0.1, -0.05) is 23.8 Å². The zero-order valence-electron chi connectivity index (χ0n) is 13.8. The van der Waals surface area contributed by atoms with E-state index < -0.39 is 44.4 Å². The van der Waals surface area contributed by atoms with Crippen LogP contribution in [0.4, 0.5) is 13.2 Å². The fourth-order valence-corrected chi connectivity index (χ4v) is 4.60. The summed E-state index contributed by atoms with van der Waals surface area (Å²) in [5, 5.41) is 0. The highest BCUT2D eigenvalue weighted by molar-refractivity contribution is 7.86. The maximum Gasteiger partial charge on any atom is 0.420 e. The second kappa shape index (κ2) is 6.57. The molecule has 1 aliphatic rings. The number of hydrogen-bond acceptors (Lipinski definition) is 4. The molecular weight excluding hydrogens is 357 g/mol. The van der Waals surface area contributed by atoms with Gasteiger partial charge in [-0.3, -0.25) is 4.79 Å². The minimum Gasteiger partial charge on any atom is -0.300 e. The van der Waals surface area contributed by atoms with E-state index in [0.29, 0.717) is 0 Å². The second-order valence-electron chi connectivity index (χ2n) is 6.22. The van der Waals surface area contributed by atoms with E-state index in [4.69, 9.17) is 4.18 Å². The number of halogens is 3. The van der Waals surface area contributed by atoms with Gasteiger partial charge in [0.15, 0.2) is 5.60 Å². The summed E-state index contributed by atoms with van der Waals surface area (Å²) < 4.78 is 71.8. The molecule has 25 heavy (non-hydrogen) atoms. The largest absolute Gasteiger partial charge is 0.420 e. The van der Waals surface area contributed by atoms with Crippen LogP contribution in [0.1, 0.15) is 25.3 Å². The van der Waals surface area contributed by atoms with Crippen molar-refractivity contribution in [1.29, 1.82) is 0 Å². The number of rotatable bonds is 5. The molecule has 0 radical (unpaired) electrons. The van der Waals surface area contributed by atoms with E-state index in [1.165, 1.54) is 24.3 Å². The number of Topliss-reactive ketones (excluding diaryl/α,β-unsaturated/α-hetero) is 1. The third-order valence-electron chi connectivity index (χ3n) is 4.61. The van der Waals surface area contributed by atoms with Gasteiger partial charge in [0.2, 0.25) is 0 Å². The SMILES string of the molecule is C=C[C@H]1CC[C@H](C(C)=O)[C@@]1(OS(=O)(=O)c1ccc(C)cc1)C(F)(F)F. The Balaban J connectivity index is 2.59. The molecule has 1 aliphatic carbocycles. The third kappa shape index (κ3) is 3.37. The summed E-state index contributed by atoms with van der Waals surface area (Å²) in [6.07, 6.45) is -4.19. The molecule has 0 unspecified atom stereocenters. The lowest BCUT2D eigenvalue weighted by atomic mass is 9.81. The molecule has 0 saturated heterocycles. The molecule has 3 atom stereocenters. The van der Waals surface area contributed by atoms with Gasteiger partial charge in [-0.25, -0.2) is 4.18 Å². The summed E-state index contributed by atoms with van der Waals surface area (Å²) in [6, 6.07) is 5.27. The van der Waals surface area contributed by atoms with Gasteiger partial charge in [0.1, 0.15) is 5.78 Å². The van der Waals surface area contributed by atoms with Crippen LogP contribution in [0.5, 0.6) is 0 Å². The molecule has 2 rings (SSSR count). The number of carbonyl (C=O) groups is 1. The van der Waals surface area contributed by atoms with Crippen molar-refractivity contribution >= 4 is 15.9 Å². The van der Waals surface area contributed by atoms with Crippen molar-refractivity contribution in [2.75, 3.05) is 0 Å². The molecule has 1 saturated carbocycles. The Morgan fingerprint density at radius 1 is 1.28 bits per heavy atom. The van der Waals surface area contributed by atoms with E-state index in [1.807, 2.05) is 0 Å². The highest BCUT2D eigenvalue weighted by atomic mass is 32.2. The lowest BCUT2D eigenvalue weighted by Crippen LogP contribution is -2.57. The van der Waals surface area contributed by atoms with Crippen LogP contribution < -0.4 is 0 Å². The molecule has 0 N–H and O–H groups in total. The van der Waals surface area contributed by atoms with Gasteiger partial charge in [0, 0.05) is 5.92 Å². The van der Waals surface area contributed by atoms with Crippen LogP contribution in [0.3, 0.4) is 0 Å². The number of aryl methyl sites for hydroxylation is 1. The zero-order valence-corrected chi connectivity index (χ0v) is 14.7. The Morgan fingerprint density at radius 2 is 1.84 bits per heavy atom. The molecule has 0 heterocycles. The van der Waals surface area contributed by atoms with Gasteiger partial charge >= 0.3 is 6.18 Å². The summed E-state index contributed by atoms with van der Waals surface area (Å²) in [6.45, 7) is 6.10. The van der Waals surface area contributed by atoms with E-state index in [2.05, 4.69) is 6.58 Å². The van der Waals surface area contributed by atoms with Crippen LogP contribution >= 0.6 is 0 Å². The Kier molecular flexibility index (Phi) is 5.16. The highest BCUT2D eigenvalue weighted by Crippen LogP contribution is 2.54. The Bertz CT molecular complexity index is 768. The first-order valence-corrected chi connectivity index (χ1v) is 9.08. The molecule has 1 aromatic rings. The van der Waals surface area contributed by atoms with E-state index in [-0.39, 0.29) is 12.8 Å². The smallest absolute Gasteiger partial charge is 0.300 e. The van der Waals surface area contributed by atoms with Gasteiger partial charge in [0.05, 0.1) is 10.8 Å². The predicted molar refractivity (Wildman–Crippen MR) is 85.3 cm³/mol. The van der Waals surface area contributed by atoms with Gasteiger partial charge in [-0.15, -0.1) is 6.58 Å². The summed E-state index contributed by atoms with van der Waals surface area (Å²) in [5.74, 6) is -3.70. The number of alkyl halides is 3. The summed E-state index contributed by atoms with van der Waals surface area (Å²) in [4.78, 5) is 11.4. The molecular formula is C17H19F3O4S. The third-order valence-corrected chi connectivity index (χ3v) is 5.96. The molecule has 0 spiro atoms. The number of benzene rings is 1. The fourth-order valence-electron chi connectivity index (χ4n) is 3.34. The van der Waals surface area contributed by atoms with Crippen molar-refractivity contribution in [3.8, 4) is 0 Å². The molecule has 138 valence electrons. The average molecular weight is 376 g/mol. The van der Waals surface area contributed by atoms with Crippen LogP contribution in [0.15, 0.2) is 41.8 Å². The van der Waals surface area contributed by atoms with Crippen molar-refractivity contribution < 1.29 is 30.6 Å². The zero-order chi connectivity index (χ0) is 19.0. The normalized spacial score (nSPS) is 27.2. The van der Waals surface area contributed by atoms with Crippen molar-refractivity contribution in [2.24, 2.45) is 11.8 Å². The molecule has 1 fully saturated rings. The molecule has 4 nitrogen and oxygen atoms in total. The fraction of sp³-hybridized carbons (Fsp3) is 0.471. The van der Waals surface area contributed by atoms with Crippen molar-refractivity contribution in [3.63, 3.8) is 0 Å². The van der Waals surface area contributed by atoms with Crippen LogP contribution in [-0.2, 0) is 19.1 Å². The lowest BCUT2D eigenvalue weighted by Gasteiger charge is -2.38. The standard InChI is InChI=1S/C17H19F3O4S/c1-4-13-7-10-15(12(3)21)16(13,17(18,19)20)24-25(22,23)14-8-5-11(2)6-9-14/h4-6,8-9,13,15H,1,7,10H2,2-3H3/t13-,15+,16+/m0/s1. The van der Waals surface area contributed by atoms with E-state index in [9.17, 15) is 26.4 Å². The Morgan fingerprint density at radius 3 is 2.28 bits per heavy atom. The van der Waals surface area contributed by atoms with E-state index in [1.54, 1.807) is 6.92 Å². The Labute approximate surface area is 144 Å². The second-order valence-corrected chi connectivity index (χ2v) is 7.77. The van der Waals surface area contributed by atoms with Crippen LogP contribution in [0, 0.1) is 18.8 Å².